The van der Waals surface area contributed by atoms with Crippen LogP contribution in [0.2, 0.25) is 0 Å². The number of aromatic nitrogens is 2. The lowest BCUT2D eigenvalue weighted by atomic mass is 9.92. The first-order valence-electron chi connectivity index (χ1n) is 6.12. The Kier molecular flexibility index (Phi) is 3.96. The lowest BCUT2D eigenvalue weighted by Gasteiger charge is -2.33. The molecule has 1 aromatic heterocycles. The van der Waals surface area contributed by atoms with Crippen LogP contribution in [0, 0.1) is 5.92 Å². The average Bonchev–Trinajstić information content (AvgIpc) is 2.80. The van der Waals surface area contributed by atoms with Crippen LogP contribution in [-0.2, 0) is 6.54 Å². The Balaban J connectivity index is 1.69. The van der Waals surface area contributed by atoms with Gasteiger partial charge < -0.3 is 14.6 Å². The van der Waals surface area contributed by atoms with E-state index in [2.05, 4.69) is 14.5 Å². The summed E-state index contributed by atoms with van der Waals surface area (Å²) in [6.45, 7) is 6.24. The highest BCUT2D eigenvalue weighted by molar-refractivity contribution is 4.78. The summed E-state index contributed by atoms with van der Waals surface area (Å²) in [5.74, 6) is 0.504. The smallest absolute Gasteiger partial charge is 0.0946 e. The van der Waals surface area contributed by atoms with Crippen LogP contribution in [0.5, 0.6) is 0 Å². The van der Waals surface area contributed by atoms with Gasteiger partial charge in [0.15, 0.2) is 0 Å². The van der Waals surface area contributed by atoms with Gasteiger partial charge in [-0.1, -0.05) is 0 Å². The number of hydrogen-bond donors (Lipinski definition) is 1. The summed E-state index contributed by atoms with van der Waals surface area (Å²) in [6, 6.07) is 0. The summed E-state index contributed by atoms with van der Waals surface area (Å²) in [4.78, 5) is 6.50. The third kappa shape index (κ3) is 3.06. The second kappa shape index (κ2) is 5.46. The second-order valence-electron chi connectivity index (χ2n) is 4.72. The summed E-state index contributed by atoms with van der Waals surface area (Å²) in [5.41, 5.74) is 0. The van der Waals surface area contributed by atoms with E-state index < -0.39 is 0 Å². The maximum Gasteiger partial charge on any atom is 0.0946 e. The van der Waals surface area contributed by atoms with Crippen LogP contribution >= 0.6 is 0 Å². The van der Waals surface area contributed by atoms with Gasteiger partial charge in [-0.25, -0.2) is 4.98 Å². The van der Waals surface area contributed by atoms with Crippen LogP contribution in [-0.4, -0.2) is 45.3 Å². The zero-order chi connectivity index (χ0) is 11.4. The van der Waals surface area contributed by atoms with Crippen LogP contribution < -0.4 is 0 Å². The predicted molar refractivity (Wildman–Crippen MR) is 63.1 cm³/mol. The molecule has 2 heterocycles. The Morgan fingerprint density at radius 3 is 2.69 bits per heavy atom. The molecule has 0 aromatic carbocycles. The Morgan fingerprint density at radius 1 is 1.38 bits per heavy atom. The van der Waals surface area contributed by atoms with Crippen molar-refractivity contribution in [2.45, 2.75) is 32.4 Å². The number of imidazole rings is 1. The average molecular weight is 223 g/mol. The first-order valence-corrected chi connectivity index (χ1v) is 6.12. The van der Waals surface area contributed by atoms with Crippen LogP contribution in [0.25, 0.3) is 0 Å². The van der Waals surface area contributed by atoms with E-state index in [1.165, 1.54) is 0 Å². The highest BCUT2D eigenvalue weighted by Gasteiger charge is 2.22. The summed E-state index contributed by atoms with van der Waals surface area (Å²) in [5, 5.41) is 9.51. The Morgan fingerprint density at radius 2 is 2.12 bits per heavy atom. The number of hydrogen-bond acceptors (Lipinski definition) is 3. The molecule has 1 saturated heterocycles. The molecular weight excluding hydrogens is 202 g/mol. The largest absolute Gasteiger partial charge is 0.393 e. The monoisotopic (exact) mass is 223 g/mol. The van der Waals surface area contributed by atoms with E-state index >= 15 is 0 Å². The topological polar surface area (TPSA) is 41.3 Å². The molecule has 16 heavy (non-hydrogen) atoms. The van der Waals surface area contributed by atoms with Gasteiger partial charge in [-0.3, -0.25) is 0 Å². The standard InChI is InChI=1S/C12H21N3O/c1-11(16)12-2-5-14(6-3-12)8-9-15-7-4-13-10-15/h4,7,10-12,16H,2-3,5-6,8-9H2,1H3. The molecule has 1 atom stereocenters. The molecule has 1 N–H and O–H groups in total. The third-order valence-corrected chi connectivity index (χ3v) is 3.55. The number of aliphatic hydroxyl groups excluding tert-OH is 1. The maximum atomic E-state index is 9.51. The minimum atomic E-state index is -0.143. The number of likely N-dealkylation sites (tertiary alicyclic amines) is 1. The van der Waals surface area contributed by atoms with Crippen molar-refractivity contribution < 1.29 is 5.11 Å². The van der Waals surface area contributed by atoms with Crippen molar-refractivity contribution in [1.29, 1.82) is 0 Å². The SMILES string of the molecule is CC(O)C1CCN(CCn2ccnc2)CC1. The predicted octanol–water partition coefficient (Wildman–Crippen LogP) is 0.976. The van der Waals surface area contributed by atoms with E-state index in [0.29, 0.717) is 5.92 Å². The molecule has 1 unspecified atom stereocenters. The lowest BCUT2D eigenvalue weighted by molar-refractivity contribution is 0.0708. The van der Waals surface area contributed by atoms with Crippen molar-refractivity contribution in [3.63, 3.8) is 0 Å². The van der Waals surface area contributed by atoms with Crippen molar-refractivity contribution in [3.05, 3.63) is 18.7 Å². The molecule has 0 saturated carbocycles. The minimum absolute atomic E-state index is 0.143. The zero-order valence-corrected chi connectivity index (χ0v) is 9.92. The first-order chi connectivity index (χ1) is 7.75. The molecule has 2 rings (SSSR count). The van der Waals surface area contributed by atoms with Crippen LogP contribution in [0.4, 0.5) is 0 Å². The molecule has 1 aliphatic heterocycles. The van der Waals surface area contributed by atoms with E-state index in [0.717, 1.165) is 39.0 Å². The molecule has 0 aliphatic carbocycles. The van der Waals surface area contributed by atoms with Crippen molar-refractivity contribution in [2.24, 2.45) is 5.92 Å². The fraction of sp³-hybridized carbons (Fsp3) is 0.750. The molecule has 0 spiro atoms. The summed E-state index contributed by atoms with van der Waals surface area (Å²) < 4.78 is 2.11. The van der Waals surface area contributed by atoms with Gasteiger partial charge >= 0.3 is 0 Å². The van der Waals surface area contributed by atoms with E-state index in [1.807, 2.05) is 25.6 Å². The number of nitrogens with zero attached hydrogens (tertiary/aromatic N) is 3. The van der Waals surface area contributed by atoms with Crippen molar-refractivity contribution in [2.75, 3.05) is 19.6 Å². The number of rotatable bonds is 4. The van der Waals surface area contributed by atoms with Gasteiger partial charge in [0.05, 0.1) is 12.4 Å². The molecule has 0 amide bonds. The van der Waals surface area contributed by atoms with Gasteiger partial charge in [-0.05, 0) is 38.8 Å². The lowest BCUT2D eigenvalue weighted by Crippen LogP contribution is -2.38. The van der Waals surface area contributed by atoms with Crippen molar-refractivity contribution >= 4 is 0 Å². The molecule has 1 aliphatic rings. The summed E-state index contributed by atoms with van der Waals surface area (Å²) >= 11 is 0. The van der Waals surface area contributed by atoms with Gasteiger partial charge in [0.1, 0.15) is 0 Å². The van der Waals surface area contributed by atoms with Crippen LogP contribution in [0.15, 0.2) is 18.7 Å². The Labute approximate surface area is 96.9 Å². The van der Waals surface area contributed by atoms with Gasteiger partial charge in [-0.15, -0.1) is 0 Å². The number of aliphatic hydroxyl groups is 1. The molecule has 0 bridgehead atoms. The number of piperidine rings is 1. The van der Waals surface area contributed by atoms with E-state index in [9.17, 15) is 5.11 Å². The van der Waals surface area contributed by atoms with Gasteiger partial charge in [0.25, 0.3) is 0 Å². The molecular formula is C12H21N3O. The summed E-state index contributed by atoms with van der Waals surface area (Å²) in [7, 11) is 0. The fourth-order valence-electron chi connectivity index (χ4n) is 2.33. The highest BCUT2D eigenvalue weighted by atomic mass is 16.3. The third-order valence-electron chi connectivity index (χ3n) is 3.55. The Hall–Kier alpha value is -0.870. The van der Waals surface area contributed by atoms with E-state index in [4.69, 9.17) is 0 Å². The first kappa shape index (κ1) is 11.6. The molecule has 4 heteroatoms. The minimum Gasteiger partial charge on any atom is -0.393 e. The summed E-state index contributed by atoms with van der Waals surface area (Å²) in [6.07, 6.45) is 7.80. The Bertz CT molecular complexity index is 289. The molecule has 90 valence electrons. The zero-order valence-electron chi connectivity index (χ0n) is 9.92. The molecule has 1 aromatic rings. The maximum absolute atomic E-state index is 9.51. The van der Waals surface area contributed by atoms with Gasteiger partial charge in [0, 0.05) is 25.5 Å². The second-order valence-corrected chi connectivity index (χ2v) is 4.72. The van der Waals surface area contributed by atoms with Crippen LogP contribution in [0.1, 0.15) is 19.8 Å². The fourth-order valence-corrected chi connectivity index (χ4v) is 2.33. The van der Waals surface area contributed by atoms with Crippen LogP contribution in [0.3, 0.4) is 0 Å². The molecule has 0 radical (unpaired) electrons. The van der Waals surface area contributed by atoms with E-state index in [-0.39, 0.29) is 6.10 Å². The van der Waals surface area contributed by atoms with E-state index in [1.54, 1.807) is 0 Å². The molecule has 4 nitrogen and oxygen atoms in total. The van der Waals surface area contributed by atoms with Gasteiger partial charge in [0.2, 0.25) is 0 Å². The molecule has 1 fully saturated rings. The van der Waals surface area contributed by atoms with Gasteiger partial charge in [-0.2, -0.15) is 0 Å². The quantitative estimate of drug-likeness (QED) is 0.827. The highest BCUT2D eigenvalue weighted by Crippen LogP contribution is 2.20. The van der Waals surface area contributed by atoms with Crippen molar-refractivity contribution in [1.82, 2.24) is 14.5 Å². The van der Waals surface area contributed by atoms with Crippen molar-refractivity contribution in [3.8, 4) is 0 Å². The normalized spacial score (nSPS) is 21.1.